The molecule has 0 radical (unpaired) electrons. The van der Waals surface area contributed by atoms with Gasteiger partial charge in [0.1, 0.15) is 0 Å². The molecule has 0 bridgehead atoms. The lowest BCUT2D eigenvalue weighted by Crippen LogP contribution is -2.45. The van der Waals surface area contributed by atoms with E-state index in [0.717, 1.165) is 51.4 Å². The third-order valence-electron chi connectivity index (χ3n) is 21.2. The Labute approximate surface area is 608 Å². The van der Waals surface area contributed by atoms with Crippen molar-refractivity contribution in [3.8, 4) is 0 Å². The quantitative estimate of drug-likeness (QED) is 0.0320. The van der Waals surface area contributed by atoms with Crippen molar-refractivity contribution in [2.24, 2.45) is 0 Å². The minimum atomic E-state index is -0.664. The molecule has 1 amide bonds. The first kappa shape index (κ1) is 95.1. The first-order valence-electron chi connectivity index (χ1n) is 44.7. The van der Waals surface area contributed by atoms with Gasteiger partial charge in [0.25, 0.3) is 0 Å². The summed E-state index contributed by atoms with van der Waals surface area (Å²) in [5.74, 6) is -0.00901. The lowest BCUT2D eigenvalue weighted by molar-refractivity contribution is -0.143. The first-order chi connectivity index (χ1) is 48.0. The molecule has 3 N–H and O–H groups in total. The fourth-order valence-electron chi connectivity index (χ4n) is 14.4. The van der Waals surface area contributed by atoms with Gasteiger partial charge in [-0.15, -0.1) is 0 Å². The predicted molar refractivity (Wildman–Crippen MR) is 430 cm³/mol. The minimum absolute atomic E-state index is 0.0170. The van der Waals surface area contributed by atoms with Crippen LogP contribution in [0.15, 0.2) is 36.5 Å². The van der Waals surface area contributed by atoms with Crippen LogP contribution in [0, 0.1) is 0 Å². The monoisotopic (exact) mass is 1360 g/mol. The molecule has 0 aromatic heterocycles. The van der Waals surface area contributed by atoms with Crippen LogP contribution in [0.25, 0.3) is 0 Å². The summed E-state index contributed by atoms with van der Waals surface area (Å²) in [7, 11) is 0. The molecule has 574 valence electrons. The Hall–Kier alpha value is -1.92. The number of aliphatic hydroxyl groups is 2. The molecule has 2 unspecified atom stereocenters. The maximum Gasteiger partial charge on any atom is 0.305 e. The van der Waals surface area contributed by atoms with Gasteiger partial charge < -0.3 is 20.3 Å². The van der Waals surface area contributed by atoms with Gasteiger partial charge >= 0.3 is 5.97 Å². The molecule has 0 rings (SSSR count). The molecule has 0 saturated carbocycles. The molecular formula is C91H175NO5. The van der Waals surface area contributed by atoms with Gasteiger partial charge in [0.15, 0.2) is 0 Å². The number of carbonyl (C=O) groups excluding carboxylic acids is 2. The van der Waals surface area contributed by atoms with Gasteiger partial charge in [0, 0.05) is 12.8 Å². The van der Waals surface area contributed by atoms with E-state index in [1.165, 1.54) is 424 Å². The molecule has 0 fully saturated rings. The van der Waals surface area contributed by atoms with E-state index in [-0.39, 0.29) is 18.5 Å². The molecule has 0 spiro atoms. The van der Waals surface area contributed by atoms with Crippen molar-refractivity contribution in [1.82, 2.24) is 5.32 Å². The smallest absolute Gasteiger partial charge is 0.305 e. The maximum atomic E-state index is 12.6. The topological polar surface area (TPSA) is 95.9 Å². The van der Waals surface area contributed by atoms with Gasteiger partial charge in [-0.25, -0.2) is 0 Å². The molecule has 0 heterocycles. The Morgan fingerprint density at radius 1 is 0.289 bits per heavy atom. The van der Waals surface area contributed by atoms with Gasteiger partial charge in [-0.2, -0.15) is 0 Å². The van der Waals surface area contributed by atoms with Gasteiger partial charge in [-0.3, -0.25) is 9.59 Å². The zero-order valence-corrected chi connectivity index (χ0v) is 66.1. The molecule has 97 heavy (non-hydrogen) atoms. The second kappa shape index (κ2) is 86.5. The summed E-state index contributed by atoms with van der Waals surface area (Å²) in [5, 5.41) is 23.5. The normalized spacial score (nSPS) is 12.6. The highest BCUT2D eigenvalue weighted by Gasteiger charge is 2.20. The highest BCUT2D eigenvalue weighted by Crippen LogP contribution is 2.21. The van der Waals surface area contributed by atoms with Crippen molar-refractivity contribution in [3.05, 3.63) is 36.5 Å². The van der Waals surface area contributed by atoms with E-state index in [1.54, 1.807) is 0 Å². The first-order valence-corrected chi connectivity index (χ1v) is 44.7. The lowest BCUT2D eigenvalue weighted by Gasteiger charge is -2.22. The Balaban J connectivity index is 3.36. The van der Waals surface area contributed by atoms with Gasteiger partial charge in [-0.1, -0.05) is 448 Å². The van der Waals surface area contributed by atoms with Crippen LogP contribution in [-0.2, 0) is 14.3 Å². The molecule has 0 aliphatic heterocycles. The van der Waals surface area contributed by atoms with E-state index in [9.17, 15) is 19.8 Å². The lowest BCUT2D eigenvalue weighted by atomic mass is 10.0. The van der Waals surface area contributed by atoms with Gasteiger partial charge in [0.05, 0.1) is 25.4 Å². The maximum absolute atomic E-state index is 12.6. The van der Waals surface area contributed by atoms with E-state index in [0.29, 0.717) is 25.9 Å². The number of aliphatic hydroxyl groups excluding tert-OH is 2. The number of hydrogen-bond acceptors (Lipinski definition) is 5. The average molecular weight is 1360 g/mol. The van der Waals surface area contributed by atoms with Crippen LogP contribution in [0.3, 0.4) is 0 Å². The van der Waals surface area contributed by atoms with Crippen molar-refractivity contribution in [2.75, 3.05) is 13.2 Å². The number of carbonyl (C=O) groups is 2. The van der Waals surface area contributed by atoms with E-state index in [2.05, 4.69) is 55.6 Å². The minimum Gasteiger partial charge on any atom is -0.466 e. The third-order valence-corrected chi connectivity index (χ3v) is 21.2. The van der Waals surface area contributed by atoms with Crippen LogP contribution in [-0.4, -0.2) is 47.4 Å². The average Bonchev–Trinajstić information content (AvgIpc) is 3.68. The second-order valence-corrected chi connectivity index (χ2v) is 30.9. The summed E-state index contributed by atoms with van der Waals surface area (Å²) in [5.41, 5.74) is 0. The predicted octanol–water partition coefficient (Wildman–Crippen LogP) is 30.1. The van der Waals surface area contributed by atoms with Crippen LogP contribution < -0.4 is 5.32 Å². The second-order valence-electron chi connectivity index (χ2n) is 30.9. The molecule has 6 heteroatoms. The van der Waals surface area contributed by atoms with E-state index in [4.69, 9.17) is 4.74 Å². The number of allylic oxidation sites excluding steroid dienone is 6. The van der Waals surface area contributed by atoms with Crippen LogP contribution >= 0.6 is 0 Å². The van der Waals surface area contributed by atoms with Gasteiger partial charge in [0.2, 0.25) is 5.91 Å². The summed E-state index contributed by atoms with van der Waals surface area (Å²) >= 11 is 0. The number of ether oxygens (including phenoxy) is 1. The Bertz CT molecular complexity index is 1570. The van der Waals surface area contributed by atoms with Crippen molar-refractivity contribution in [3.63, 3.8) is 0 Å². The number of rotatable bonds is 85. The molecule has 2 atom stereocenters. The largest absolute Gasteiger partial charge is 0.466 e. The standard InChI is InChI=1S/C91H175NO5/c1-3-5-7-9-11-13-15-17-19-21-23-24-25-39-42-45-48-51-55-59-63-67-71-75-79-83-89(94)88(87-93)92-90(95)84-80-76-72-68-64-60-56-52-49-46-43-40-37-35-33-31-29-27-26-28-30-32-34-36-38-41-44-47-50-54-58-62-66-70-74-78-82-86-97-91(96)85-81-77-73-69-65-61-57-53-22-20-18-16-14-12-10-8-6-4-2/h20,22,26,28,32,34,88-89,93-94H,3-19,21,23-25,27,29-31,33,35-87H2,1-2H3,(H,92,95)/b22-20-,28-26-,34-32-. The summed E-state index contributed by atoms with van der Waals surface area (Å²) < 4.78 is 5.52. The number of unbranched alkanes of at least 4 members (excludes halogenated alkanes) is 68. The highest BCUT2D eigenvalue weighted by atomic mass is 16.5. The van der Waals surface area contributed by atoms with E-state index >= 15 is 0 Å². The Morgan fingerprint density at radius 3 is 0.794 bits per heavy atom. The summed E-state index contributed by atoms with van der Waals surface area (Å²) in [6.45, 7) is 5.01. The Morgan fingerprint density at radius 2 is 0.515 bits per heavy atom. The van der Waals surface area contributed by atoms with Crippen LogP contribution in [0.4, 0.5) is 0 Å². The van der Waals surface area contributed by atoms with Crippen molar-refractivity contribution in [1.29, 1.82) is 0 Å². The zero-order valence-electron chi connectivity index (χ0n) is 66.1. The van der Waals surface area contributed by atoms with E-state index < -0.39 is 12.1 Å². The molecule has 0 aliphatic rings. The summed E-state index contributed by atoms with van der Waals surface area (Å²) in [4.78, 5) is 24.7. The van der Waals surface area contributed by atoms with Crippen LogP contribution in [0.2, 0.25) is 0 Å². The number of hydrogen-bond donors (Lipinski definition) is 3. The SMILES string of the molecule is CCCCCCCCC/C=C\CCCCCCCCCC(=O)OCCCCCCCCCCCCCCC/C=C\C/C=C\CCCCCCCCCCCCCCCCCCCC(=O)NC(CO)C(O)CCCCCCCCCCCCCCCCCCCCCCCCCCC. The Kier molecular flexibility index (Phi) is 84.8. The molecular weight excluding hydrogens is 1190 g/mol. The van der Waals surface area contributed by atoms with Crippen LogP contribution in [0.5, 0.6) is 0 Å². The number of amides is 1. The highest BCUT2D eigenvalue weighted by molar-refractivity contribution is 5.76. The summed E-state index contributed by atoms with van der Waals surface area (Å²) in [6.07, 6.45) is 114. The fourth-order valence-corrected chi connectivity index (χ4v) is 14.4. The third kappa shape index (κ3) is 82.9. The molecule has 0 saturated heterocycles. The zero-order chi connectivity index (χ0) is 69.8. The molecule has 6 nitrogen and oxygen atoms in total. The molecule has 0 aromatic rings. The van der Waals surface area contributed by atoms with Crippen LogP contribution in [0.1, 0.15) is 508 Å². The van der Waals surface area contributed by atoms with Crippen molar-refractivity contribution < 1.29 is 24.5 Å². The fraction of sp³-hybridized carbons (Fsp3) is 0.912. The number of nitrogens with one attached hydrogen (secondary N) is 1. The van der Waals surface area contributed by atoms with Crippen molar-refractivity contribution in [2.45, 2.75) is 520 Å². The number of esters is 1. The van der Waals surface area contributed by atoms with Gasteiger partial charge in [-0.05, 0) is 83.5 Å². The summed E-state index contributed by atoms with van der Waals surface area (Å²) in [6, 6.07) is -0.541. The van der Waals surface area contributed by atoms with Crippen molar-refractivity contribution >= 4 is 11.9 Å². The molecule has 0 aromatic carbocycles. The van der Waals surface area contributed by atoms with E-state index in [1.807, 2.05) is 0 Å². The molecule has 0 aliphatic carbocycles.